The second kappa shape index (κ2) is 6.24. The molecule has 3 saturated carbocycles. The van der Waals surface area contributed by atoms with E-state index in [-0.39, 0.29) is 28.7 Å². The zero-order chi connectivity index (χ0) is 17.3. The number of fused-ring (bicyclic) bond motifs is 3. The van der Waals surface area contributed by atoms with Crippen molar-refractivity contribution >= 4 is 12.3 Å². The molecule has 3 aliphatic rings. The highest BCUT2D eigenvalue weighted by Gasteiger charge is 2.54. The number of aldehydes is 1. The normalized spacial score (nSPS) is 33.5. The Morgan fingerprint density at radius 1 is 1.38 bits per heavy atom. The van der Waals surface area contributed by atoms with E-state index >= 15 is 0 Å². The van der Waals surface area contributed by atoms with Crippen molar-refractivity contribution in [2.24, 2.45) is 17.3 Å². The maximum atomic E-state index is 12.0. The standard InChI is InChI=1S/C20H21NO3/c1-20-9-8-14(15(10-20)16(11-21)19(23)24-2)18(17(20)12-22)13-6-4-3-5-7-13/h3-7,12,14,17-18H,8-10H2,1-2H3/b16-15-. The van der Waals surface area contributed by atoms with Gasteiger partial charge in [-0.3, -0.25) is 0 Å². The van der Waals surface area contributed by atoms with E-state index in [9.17, 15) is 14.9 Å². The number of esters is 1. The van der Waals surface area contributed by atoms with Crippen molar-refractivity contribution in [3.8, 4) is 6.07 Å². The molecule has 4 nitrogen and oxygen atoms in total. The van der Waals surface area contributed by atoms with E-state index in [1.165, 1.54) is 7.11 Å². The van der Waals surface area contributed by atoms with Gasteiger partial charge >= 0.3 is 5.97 Å². The van der Waals surface area contributed by atoms with Crippen LogP contribution in [0, 0.1) is 28.6 Å². The molecule has 0 amide bonds. The summed E-state index contributed by atoms with van der Waals surface area (Å²) in [5, 5.41) is 9.49. The van der Waals surface area contributed by atoms with Gasteiger partial charge in [-0.25, -0.2) is 4.79 Å². The molecule has 124 valence electrons. The highest BCUT2D eigenvalue weighted by molar-refractivity contribution is 5.94. The second-order valence-corrected chi connectivity index (χ2v) is 7.08. The van der Waals surface area contributed by atoms with Crippen LogP contribution in [0.5, 0.6) is 0 Å². The van der Waals surface area contributed by atoms with Crippen molar-refractivity contribution in [3.05, 3.63) is 47.0 Å². The van der Waals surface area contributed by atoms with Crippen molar-refractivity contribution in [3.63, 3.8) is 0 Å². The first kappa shape index (κ1) is 16.4. The maximum absolute atomic E-state index is 12.0. The van der Waals surface area contributed by atoms with Gasteiger partial charge in [-0.05, 0) is 41.7 Å². The molecule has 0 heterocycles. The molecule has 24 heavy (non-hydrogen) atoms. The van der Waals surface area contributed by atoms with Crippen LogP contribution in [0.1, 0.15) is 37.7 Å². The Kier molecular flexibility index (Phi) is 4.28. The molecule has 0 aromatic heterocycles. The van der Waals surface area contributed by atoms with Gasteiger partial charge in [0.05, 0.1) is 7.11 Å². The molecule has 3 fully saturated rings. The average molecular weight is 323 g/mol. The lowest BCUT2D eigenvalue weighted by molar-refractivity contribution is -0.135. The number of benzene rings is 1. The van der Waals surface area contributed by atoms with Gasteiger partial charge in [0, 0.05) is 11.8 Å². The van der Waals surface area contributed by atoms with Gasteiger partial charge in [0.1, 0.15) is 17.9 Å². The SMILES string of the molecule is COC(=O)/C(C#N)=C1/CC2(C)CCC1C(c1ccccc1)C2C=O. The first-order chi connectivity index (χ1) is 11.6. The van der Waals surface area contributed by atoms with E-state index in [1.807, 2.05) is 36.4 Å². The summed E-state index contributed by atoms with van der Waals surface area (Å²) in [7, 11) is 1.30. The minimum atomic E-state index is -0.571. The number of methoxy groups -OCH3 is 1. The average Bonchev–Trinajstić information content (AvgIpc) is 2.62. The molecule has 4 heteroatoms. The monoisotopic (exact) mass is 323 g/mol. The van der Waals surface area contributed by atoms with Crippen LogP contribution in [0.3, 0.4) is 0 Å². The Morgan fingerprint density at radius 3 is 2.67 bits per heavy atom. The fourth-order valence-corrected chi connectivity index (χ4v) is 4.67. The first-order valence-electron chi connectivity index (χ1n) is 8.27. The number of nitrogens with zero attached hydrogens (tertiary/aromatic N) is 1. The summed E-state index contributed by atoms with van der Waals surface area (Å²) in [6, 6.07) is 12.0. The number of rotatable bonds is 3. The summed E-state index contributed by atoms with van der Waals surface area (Å²) in [5.74, 6) is -0.615. The van der Waals surface area contributed by atoms with Gasteiger partial charge in [0.2, 0.25) is 0 Å². The van der Waals surface area contributed by atoms with Gasteiger partial charge in [-0.2, -0.15) is 5.26 Å². The third-order valence-corrected chi connectivity index (χ3v) is 5.85. The smallest absolute Gasteiger partial charge is 0.348 e. The Hall–Kier alpha value is -2.41. The summed E-state index contributed by atoms with van der Waals surface area (Å²) < 4.78 is 4.80. The summed E-state index contributed by atoms with van der Waals surface area (Å²) in [6.07, 6.45) is 3.51. The molecule has 4 unspecified atom stereocenters. The van der Waals surface area contributed by atoms with E-state index in [0.717, 1.165) is 30.3 Å². The molecule has 1 aromatic carbocycles. The highest BCUT2D eigenvalue weighted by atomic mass is 16.5. The second-order valence-electron chi connectivity index (χ2n) is 7.08. The van der Waals surface area contributed by atoms with Crippen LogP contribution in [0.2, 0.25) is 0 Å². The molecule has 1 aromatic rings. The molecule has 0 N–H and O–H groups in total. The van der Waals surface area contributed by atoms with Crippen molar-refractivity contribution in [2.45, 2.75) is 32.1 Å². The molecule has 0 spiro atoms. The Labute approximate surface area is 142 Å². The predicted octanol–water partition coefficient (Wildman–Crippen LogP) is 3.40. The maximum Gasteiger partial charge on any atom is 0.348 e. The van der Waals surface area contributed by atoms with Crippen LogP contribution >= 0.6 is 0 Å². The van der Waals surface area contributed by atoms with Crippen LogP contribution in [0.4, 0.5) is 0 Å². The molecule has 0 aliphatic heterocycles. The topological polar surface area (TPSA) is 67.2 Å². The molecule has 4 atom stereocenters. The molecule has 3 aliphatic carbocycles. The number of hydrogen-bond acceptors (Lipinski definition) is 4. The number of carbonyl (C=O) groups is 2. The zero-order valence-electron chi connectivity index (χ0n) is 14.0. The lowest BCUT2D eigenvalue weighted by Gasteiger charge is -2.55. The summed E-state index contributed by atoms with van der Waals surface area (Å²) in [6.45, 7) is 2.10. The van der Waals surface area contributed by atoms with Gasteiger partial charge in [-0.15, -0.1) is 0 Å². The Bertz CT molecular complexity index is 731. The van der Waals surface area contributed by atoms with Gasteiger partial charge in [0.25, 0.3) is 0 Å². The number of allylic oxidation sites excluding steroid dienone is 1. The van der Waals surface area contributed by atoms with E-state index in [0.29, 0.717) is 6.42 Å². The van der Waals surface area contributed by atoms with Crippen LogP contribution in [0.25, 0.3) is 0 Å². The molecule has 0 radical (unpaired) electrons. The molecule has 0 saturated heterocycles. The van der Waals surface area contributed by atoms with E-state index in [1.54, 1.807) is 0 Å². The number of hydrogen-bond donors (Lipinski definition) is 0. The van der Waals surface area contributed by atoms with Crippen LogP contribution in [-0.2, 0) is 14.3 Å². The molecular formula is C20H21NO3. The van der Waals surface area contributed by atoms with Gasteiger partial charge in [0.15, 0.2) is 0 Å². The number of nitriles is 1. The van der Waals surface area contributed by atoms with E-state index in [2.05, 4.69) is 6.92 Å². The lowest BCUT2D eigenvalue weighted by Crippen LogP contribution is -2.48. The van der Waals surface area contributed by atoms with Gasteiger partial charge < -0.3 is 9.53 Å². The van der Waals surface area contributed by atoms with Crippen molar-refractivity contribution in [1.29, 1.82) is 5.26 Å². The van der Waals surface area contributed by atoms with Crippen molar-refractivity contribution in [1.82, 2.24) is 0 Å². The van der Waals surface area contributed by atoms with Crippen LogP contribution in [0.15, 0.2) is 41.5 Å². The molecule has 2 bridgehead atoms. The predicted molar refractivity (Wildman–Crippen MR) is 88.8 cm³/mol. The van der Waals surface area contributed by atoms with E-state index < -0.39 is 5.97 Å². The van der Waals surface area contributed by atoms with Crippen molar-refractivity contribution in [2.75, 3.05) is 7.11 Å². The first-order valence-corrected chi connectivity index (χ1v) is 8.27. The Balaban J connectivity index is 2.16. The summed E-state index contributed by atoms with van der Waals surface area (Å²) in [5.41, 5.74) is 1.87. The quantitative estimate of drug-likeness (QED) is 0.370. The van der Waals surface area contributed by atoms with E-state index in [4.69, 9.17) is 4.74 Å². The lowest BCUT2D eigenvalue weighted by atomic mass is 9.48. The van der Waals surface area contributed by atoms with Crippen LogP contribution in [-0.4, -0.2) is 19.4 Å². The number of carbonyl (C=O) groups excluding carboxylic acids is 2. The van der Waals surface area contributed by atoms with Crippen molar-refractivity contribution < 1.29 is 14.3 Å². The van der Waals surface area contributed by atoms with Gasteiger partial charge in [-0.1, -0.05) is 37.3 Å². The largest absolute Gasteiger partial charge is 0.465 e. The van der Waals surface area contributed by atoms with Crippen LogP contribution < -0.4 is 0 Å². The molecule has 4 rings (SSSR count). The zero-order valence-corrected chi connectivity index (χ0v) is 14.0. The summed E-state index contributed by atoms with van der Waals surface area (Å²) >= 11 is 0. The minimum Gasteiger partial charge on any atom is -0.465 e. The number of ether oxygens (including phenoxy) is 1. The minimum absolute atomic E-state index is 0.0132. The summed E-state index contributed by atoms with van der Waals surface area (Å²) in [4.78, 5) is 23.9. The highest BCUT2D eigenvalue weighted by Crippen LogP contribution is 2.61. The Morgan fingerprint density at radius 2 is 2.08 bits per heavy atom. The third-order valence-electron chi connectivity index (χ3n) is 5.85. The molecular weight excluding hydrogens is 302 g/mol. The fourth-order valence-electron chi connectivity index (χ4n) is 4.67. The third kappa shape index (κ3) is 2.45. The fraction of sp³-hybridized carbons (Fsp3) is 0.450.